The summed E-state index contributed by atoms with van der Waals surface area (Å²) in [5.41, 5.74) is -1.18. The number of halogens is 5. The number of benzene rings is 1. The van der Waals surface area contributed by atoms with Crippen molar-refractivity contribution in [3.8, 4) is 0 Å². The van der Waals surface area contributed by atoms with Crippen molar-refractivity contribution in [3.05, 3.63) is 63.2 Å². The number of nitrogens with one attached hydrogen (secondary N) is 1. The quantitative estimate of drug-likeness (QED) is 0.509. The summed E-state index contributed by atoms with van der Waals surface area (Å²) < 4.78 is 57.0. The van der Waals surface area contributed by atoms with Crippen LogP contribution in [0.3, 0.4) is 0 Å². The summed E-state index contributed by atoms with van der Waals surface area (Å²) in [7, 11) is 0. The van der Waals surface area contributed by atoms with E-state index in [9.17, 15) is 31.9 Å². The Hall–Kier alpha value is -3.28. The van der Waals surface area contributed by atoms with Gasteiger partial charge in [-0.25, -0.2) is 9.38 Å². The minimum atomic E-state index is -4.72. The fourth-order valence-electron chi connectivity index (χ4n) is 5.39. The van der Waals surface area contributed by atoms with E-state index in [0.29, 0.717) is 19.5 Å². The number of amides is 3. The molecule has 3 heterocycles. The molecule has 0 radical (unpaired) electrons. The van der Waals surface area contributed by atoms with Gasteiger partial charge in [0, 0.05) is 48.3 Å². The standard InChI is InChI=1S/C27H25BrF4N4O3/c28-15-11-19(26(39)35-8-2-1-3-9-35)24(20(12-15)27(30,31)32)36-10-7-16(14-36)33-25(38)18-13-22(37)34-23-17(18)5-4-6-21(23)29/h4-6,11-13,16,21H,1-3,7-10,14H2,(H,33,38)/t16-,21?/m1/s1. The number of nitrogens with zero attached hydrogens (tertiary/aromatic N) is 3. The molecule has 2 fully saturated rings. The minimum Gasteiger partial charge on any atom is -0.368 e. The predicted molar refractivity (Wildman–Crippen MR) is 140 cm³/mol. The molecular weight excluding hydrogens is 584 g/mol. The molecule has 0 spiro atoms. The largest absolute Gasteiger partial charge is 0.418 e. The second-order valence-electron chi connectivity index (χ2n) is 9.87. The van der Waals surface area contributed by atoms with E-state index in [1.165, 1.54) is 29.2 Å². The van der Waals surface area contributed by atoms with Gasteiger partial charge < -0.3 is 15.1 Å². The highest BCUT2D eigenvalue weighted by Crippen LogP contribution is 2.42. The van der Waals surface area contributed by atoms with Gasteiger partial charge in [-0.05, 0) is 43.9 Å². The van der Waals surface area contributed by atoms with Crippen LogP contribution in [-0.4, -0.2) is 66.7 Å². The molecule has 0 aromatic heterocycles. The SMILES string of the molecule is O=C1C=C(C(=O)N[C@@H]2CCN(c3c(C(=O)N4CCCCC4)cc(Br)cc3C(F)(F)F)C2)C2=CC=CC(F)C2=N1. The molecule has 39 heavy (non-hydrogen) atoms. The van der Waals surface area contributed by atoms with Crippen LogP contribution in [-0.2, 0) is 15.8 Å². The molecule has 1 aromatic carbocycles. The molecule has 1 aromatic rings. The number of likely N-dealkylation sites (tertiary alicyclic amines) is 1. The summed E-state index contributed by atoms with van der Waals surface area (Å²) in [4.78, 5) is 45.3. The molecule has 1 N–H and O–H groups in total. The van der Waals surface area contributed by atoms with Gasteiger partial charge in [0.25, 0.3) is 17.7 Å². The van der Waals surface area contributed by atoms with Gasteiger partial charge in [-0.15, -0.1) is 0 Å². The molecule has 3 amide bonds. The third-order valence-electron chi connectivity index (χ3n) is 7.21. The second-order valence-corrected chi connectivity index (χ2v) is 10.8. The van der Waals surface area contributed by atoms with E-state index < -0.39 is 41.7 Å². The van der Waals surface area contributed by atoms with Gasteiger partial charge in [0.1, 0.15) is 0 Å². The van der Waals surface area contributed by atoms with Crippen molar-refractivity contribution in [1.82, 2.24) is 10.2 Å². The van der Waals surface area contributed by atoms with Crippen molar-refractivity contribution in [2.75, 3.05) is 31.1 Å². The van der Waals surface area contributed by atoms with E-state index in [1.807, 2.05) is 0 Å². The van der Waals surface area contributed by atoms with Gasteiger partial charge in [0.15, 0.2) is 6.17 Å². The highest BCUT2D eigenvalue weighted by Gasteiger charge is 2.40. The van der Waals surface area contributed by atoms with Crippen LogP contribution in [0, 0.1) is 0 Å². The maximum Gasteiger partial charge on any atom is 0.418 e. The van der Waals surface area contributed by atoms with Crippen LogP contribution in [0.2, 0.25) is 0 Å². The van der Waals surface area contributed by atoms with Crippen LogP contribution >= 0.6 is 15.9 Å². The zero-order valence-electron chi connectivity index (χ0n) is 20.7. The number of anilines is 1. The zero-order valence-corrected chi connectivity index (χ0v) is 22.3. The fraction of sp³-hybridized carbons (Fsp3) is 0.407. The highest BCUT2D eigenvalue weighted by atomic mass is 79.9. The number of carbonyl (C=O) groups is 3. The first-order valence-corrected chi connectivity index (χ1v) is 13.5. The normalized spacial score (nSPS) is 23.2. The molecule has 12 heteroatoms. The van der Waals surface area contributed by atoms with Crippen molar-refractivity contribution < 1.29 is 31.9 Å². The van der Waals surface area contributed by atoms with E-state index in [4.69, 9.17) is 0 Å². The van der Waals surface area contributed by atoms with Gasteiger partial charge in [0.2, 0.25) is 0 Å². The van der Waals surface area contributed by atoms with E-state index in [-0.39, 0.29) is 45.7 Å². The van der Waals surface area contributed by atoms with Gasteiger partial charge in [0.05, 0.1) is 28.1 Å². The summed E-state index contributed by atoms with van der Waals surface area (Å²) in [6.45, 7) is 1.14. The molecule has 2 saturated heterocycles. The van der Waals surface area contributed by atoms with Crippen LogP contribution in [0.1, 0.15) is 41.6 Å². The minimum absolute atomic E-state index is 0.0175. The van der Waals surface area contributed by atoms with E-state index in [2.05, 4.69) is 26.2 Å². The molecule has 1 unspecified atom stereocenters. The maximum atomic E-state index is 14.3. The number of aliphatic imine (C=N–C) groups is 1. The lowest BCUT2D eigenvalue weighted by atomic mass is 9.91. The van der Waals surface area contributed by atoms with Crippen LogP contribution in [0.25, 0.3) is 0 Å². The molecule has 5 rings (SSSR count). The number of rotatable bonds is 4. The highest BCUT2D eigenvalue weighted by molar-refractivity contribution is 9.10. The zero-order chi connectivity index (χ0) is 27.9. The van der Waals surface area contributed by atoms with Gasteiger partial charge in [-0.3, -0.25) is 14.4 Å². The van der Waals surface area contributed by atoms with E-state index in [1.54, 1.807) is 4.90 Å². The molecule has 0 saturated carbocycles. The summed E-state index contributed by atoms with van der Waals surface area (Å²) in [6, 6.07) is 1.81. The number of allylic oxidation sites excluding steroid dienone is 3. The Morgan fingerprint density at radius 1 is 1.10 bits per heavy atom. The molecule has 1 aliphatic carbocycles. The van der Waals surface area contributed by atoms with Crippen molar-refractivity contribution in [2.45, 2.75) is 44.1 Å². The number of hydrogen-bond acceptors (Lipinski definition) is 4. The summed E-state index contributed by atoms with van der Waals surface area (Å²) >= 11 is 3.14. The van der Waals surface area contributed by atoms with Crippen LogP contribution in [0.5, 0.6) is 0 Å². The van der Waals surface area contributed by atoms with Crippen molar-refractivity contribution in [3.63, 3.8) is 0 Å². The average molecular weight is 609 g/mol. The molecular formula is C27H25BrF4N4O3. The first kappa shape index (κ1) is 27.3. The Labute approximate surface area is 230 Å². The molecule has 2 atom stereocenters. The predicted octanol–water partition coefficient (Wildman–Crippen LogP) is 4.53. The number of fused-ring (bicyclic) bond motifs is 1. The first-order chi connectivity index (χ1) is 18.5. The summed E-state index contributed by atoms with van der Waals surface area (Å²) in [5.74, 6) is -1.86. The van der Waals surface area contributed by atoms with Gasteiger partial charge in [-0.2, -0.15) is 13.2 Å². The Morgan fingerprint density at radius 2 is 1.85 bits per heavy atom. The third-order valence-corrected chi connectivity index (χ3v) is 7.66. The topological polar surface area (TPSA) is 82.1 Å². The molecule has 206 valence electrons. The number of dihydropyridines is 1. The van der Waals surface area contributed by atoms with Crippen LogP contribution in [0.4, 0.5) is 23.2 Å². The van der Waals surface area contributed by atoms with Gasteiger partial charge >= 0.3 is 6.18 Å². The number of piperidine rings is 1. The Bertz CT molecular complexity index is 1340. The van der Waals surface area contributed by atoms with Crippen molar-refractivity contribution in [1.29, 1.82) is 0 Å². The lowest BCUT2D eigenvalue weighted by molar-refractivity contribution is -0.137. The fourth-order valence-corrected chi connectivity index (χ4v) is 5.85. The number of hydrogen-bond donors (Lipinski definition) is 1. The molecule has 7 nitrogen and oxygen atoms in total. The van der Waals surface area contributed by atoms with Crippen LogP contribution < -0.4 is 10.2 Å². The number of alkyl halides is 4. The first-order valence-electron chi connectivity index (χ1n) is 12.7. The van der Waals surface area contributed by atoms with Crippen LogP contribution in [0.15, 0.2) is 57.0 Å². The second kappa shape index (κ2) is 10.7. The Morgan fingerprint density at radius 3 is 2.56 bits per heavy atom. The Balaban J connectivity index is 1.40. The van der Waals surface area contributed by atoms with E-state index in [0.717, 1.165) is 31.4 Å². The molecule has 0 bridgehead atoms. The third kappa shape index (κ3) is 5.57. The number of carbonyl (C=O) groups excluding carboxylic acids is 3. The average Bonchev–Trinajstić information content (AvgIpc) is 3.35. The summed E-state index contributed by atoms with van der Waals surface area (Å²) in [5, 5.41) is 2.77. The van der Waals surface area contributed by atoms with Gasteiger partial charge in [-0.1, -0.05) is 28.1 Å². The van der Waals surface area contributed by atoms with Crippen molar-refractivity contribution >= 4 is 45.1 Å². The lowest BCUT2D eigenvalue weighted by Crippen LogP contribution is -2.41. The van der Waals surface area contributed by atoms with Crippen molar-refractivity contribution in [2.24, 2.45) is 4.99 Å². The smallest absolute Gasteiger partial charge is 0.368 e. The van der Waals surface area contributed by atoms with E-state index >= 15 is 0 Å². The molecule has 3 aliphatic heterocycles. The lowest BCUT2D eigenvalue weighted by Gasteiger charge is -2.31. The monoisotopic (exact) mass is 608 g/mol. The summed E-state index contributed by atoms with van der Waals surface area (Å²) in [6.07, 6.45) is 1.67. The Kier molecular flexibility index (Phi) is 7.49. The maximum absolute atomic E-state index is 14.3. The molecule has 4 aliphatic rings.